The van der Waals surface area contributed by atoms with Crippen LogP contribution >= 0.6 is 0 Å². The van der Waals surface area contributed by atoms with E-state index in [0.717, 1.165) is 0 Å². The molecule has 11 nitrogen and oxygen atoms in total. The Hall–Kier alpha value is -0.960. The molecular weight excluding hydrogens is 649 g/mol. The fourth-order valence-corrected chi connectivity index (χ4v) is 8.96. The quantitative estimate of drug-likeness (QED) is 0.278. The molecule has 3 rings (SSSR count). The number of alkyl halides is 1. The predicted molar refractivity (Wildman–Crippen MR) is 188 cm³/mol. The van der Waals surface area contributed by atoms with E-state index in [-0.39, 0.29) is 42.2 Å². The first-order valence-electron chi connectivity index (χ1n) is 18.8. The first-order valence-corrected chi connectivity index (χ1v) is 18.8. The summed E-state index contributed by atoms with van der Waals surface area (Å²) in [6, 6.07) is -0.356. The highest BCUT2D eigenvalue weighted by atomic mass is 19.1. The molecule has 4 N–H and O–H groups in total. The minimum absolute atomic E-state index is 0.0153. The van der Waals surface area contributed by atoms with E-state index in [1.54, 1.807) is 41.7 Å². The highest BCUT2D eigenvalue weighted by Crippen LogP contribution is 2.46. The number of carbonyl (C=O) groups is 1. The van der Waals surface area contributed by atoms with Crippen LogP contribution in [-0.4, -0.2) is 121 Å². The van der Waals surface area contributed by atoms with Crippen molar-refractivity contribution in [3.8, 4) is 0 Å². The highest BCUT2D eigenvalue weighted by Gasteiger charge is 2.57. The molecule has 0 saturated carbocycles. The molecule has 0 aliphatic carbocycles. The van der Waals surface area contributed by atoms with Crippen LogP contribution in [-0.2, 0) is 33.2 Å². The van der Waals surface area contributed by atoms with Gasteiger partial charge in [0.1, 0.15) is 36.2 Å². The van der Waals surface area contributed by atoms with Crippen LogP contribution in [0.5, 0.6) is 0 Å². The van der Waals surface area contributed by atoms with Crippen molar-refractivity contribution in [1.29, 1.82) is 0 Å². The van der Waals surface area contributed by atoms with Gasteiger partial charge in [-0.25, -0.2) is 4.39 Å². The summed E-state index contributed by atoms with van der Waals surface area (Å²) in [6.45, 7) is 20.6. The van der Waals surface area contributed by atoms with Gasteiger partial charge in [0, 0.05) is 32.6 Å². The molecular formula is C38H70FNO10. The van der Waals surface area contributed by atoms with E-state index in [1.807, 2.05) is 20.8 Å². The smallest absolute Gasteiger partial charge is 0.309 e. The van der Waals surface area contributed by atoms with Crippen molar-refractivity contribution in [3.05, 3.63) is 0 Å². The van der Waals surface area contributed by atoms with Crippen molar-refractivity contribution >= 4 is 5.97 Å². The Morgan fingerprint density at radius 2 is 1.54 bits per heavy atom. The molecule has 294 valence electrons. The molecule has 0 aromatic carbocycles. The molecule has 3 aliphatic heterocycles. The second-order valence-corrected chi connectivity index (χ2v) is 16.6. The number of nitrogens with one attached hydrogen (secondary N) is 1. The molecule has 12 heteroatoms. The molecule has 0 aromatic rings. The SMILES string of the molecule is CC[C@H]1OC(=O)[C@H](C)[C@@H](C2C[C@@](C)(OC)[C@@H](O)[C@H](C)O2)[C@H](F)[C@@H](O[C@@H]2O[C@H](C)C[C@H](NC)[C@H]2O)[C@](C)(OC)C[C@@H](C)[C@H](C)[C@H](C)[C@@H](C)[C@]1(C)O. The molecule has 0 amide bonds. The standard InChI is InChI=1S/C38H70FNO10/c1-15-28-38(11,44)24(7)22(5)21(4)19(2)17-37(10,46-14)33(50-35-31(41)26(40-12)16-20(3)47-35)30(39)29(23(6)34(43)49-28)27-18-36(9,45-13)32(42)25(8)48-27/h19-33,35,40-42,44H,15-18H2,1-14H3/t19-,20-,21+,22+,23-,24-,25+,26+,27?,28-,29+,30+,31-,32+,33-,35+,36-,37-,38+/m1/s1. The van der Waals surface area contributed by atoms with Gasteiger partial charge in [0.15, 0.2) is 6.29 Å². The van der Waals surface area contributed by atoms with Crippen LogP contribution in [0.2, 0.25) is 0 Å². The van der Waals surface area contributed by atoms with E-state index in [1.165, 1.54) is 14.2 Å². The zero-order valence-corrected chi connectivity index (χ0v) is 33.1. The predicted octanol–water partition coefficient (Wildman–Crippen LogP) is 4.42. The summed E-state index contributed by atoms with van der Waals surface area (Å²) in [5.41, 5.74) is -3.75. The highest BCUT2D eigenvalue weighted by molar-refractivity contribution is 5.73. The Kier molecular flexibility index (Phi) is 14.8. The molecule has 0 bridgehead atoms. The van der Waals surface area contributed by atoms with E-state index >= 15 is 4.39 Å². The Bertz CT molecular complexity index is 1100. The molecule has 3 saturated heterocycles. The molecule has 0 aromatic heterocycles. The van der Waals surface area contributed by atoms with Gasteiger partial charge in [-0.1, -0.05) is 41.5 Å². The normalized spacial score (nSPS) is 51.8. The van der Waals surface area contributed by atoms with Gasteiger partial charge in [-0.3, -0.25) is 4.79 Å². The van der Waals surface area contributed by atoms with Crippen LogP contribution in [0.1, 0.15) is 102 Å². The monoisotopic (exact) mass is 719 g/mol. The Morgan fingerprint density at radius 1 is 0.940 bits per heavy atom. The average Bonchev–Trinajstić information content (AvgIpc) is 3.07. The summed E-state index contributed by atoms with van der Waals surface area (Å²) in [5.74, 6) is -3.24. The number of cyclic esters (lactones) is 1. The number of ether oxygens (including phenoxy) is 6. The van der Waals surface area contributed by atoms with Gasteiger partial charge in [-0.15, -0.1) is 0 Å². The maximum absolute atomic E-state index is 18.2. The molecule has 3 heterocycles. The number of methoxy groups -OCH3 is 2. The molecule has 19 atom stereocenters. The largest absolute Gasteiger partial charge is 0.459 e. The van der Waals surface area contributed by atoms with Gasteiger partial charge in [-0.2, -0.15) is 0 Å². The molecule has 0 spiro atoms. The number of aliphatic hydroxyl groups excluding tert-OH is 2. The fourth-order valence-electron chi connectivity index (χ4n) is 8.96. The summed E-state index contributed by atoms with van der Waals surface area (Å²) >= 11 is 0. The Balaban J connectivity index is 2.26. The molecule has 50 heavy (non-hydrogen) atoms. The van der Waals surface area contributed by atoms with Crippen LogP contribution in [0.25, 0.3) is 0 Å². The molecule has 3 fully saturated rings. The average molecular weight is 720 g/mol. The van der Waals surface area contributed by atoms with E-state index in [2.05, 4.69) is 26.1 Å². The maximum atomic E-state index is 18.2. The number of likely N-dealkylation sites (N-methyl/N-ethyl adjacent to an activating group) is 1. The lowest BCUT2D eigenvalue weighted by Gasteiger charge is -2.51. The number of rotatable bonds is 7. The van der Waals surface area contributed by atoms with Crippen LogP contribution in [0.15, 0.2) is 0 Å². The lowest BCUT2D eigenvalue weighted by atomic mass is 9.67. The van der Waals surface area contributed by atoms with Crippen molar-refractivity contribution in [2.24, 2.45) is 35.5 Å². The first-order chi connectivity index (χ1) is 23.1. The summed E-state index contributed by atoms with van der Waals surface area (Å²) in [4.78, 5) is 14.2. The van der Waals surface area contributed by atoms with Gasteiger partial charge >= 0.3 is 5.97 Å². The summed E-state index contributed by atoms with van der Waals surface area (Å²) in [7, 11) is 4.76. The molecule has 1 unspecified atom stereocenters. The summed E-state index contributed by atoms with van der Waals surface area (Å²) in [5, 5.41) is 37.5. The van der Waals surface area contributed by atoms with E-state index < -0.39 is 83.7 Å². The van der Waals surface area contributed by atoms with E-state index in [0.29, 0.717) is 19.3 Å². The second-order valence-electron chi connectivity index (χ2n) is 16.6. The number of hydrogen-bond donors (Lipinski definition) is 4. The Labute approximate surface area is 300 Å². The first kappa shape index (κ1) is 43.4. The number of carbonyl (C=O) groups excluding carboxylic acids is 1. The number of halogens is 1. The second kappa shape index (κ2) is 17.0. The van der Waals surface area contributed by atoms with Crippen LogP contribution < -0.4 is 5.32 Å². The minimum Gasteiger partial charge on any atom is -0.459 e. The van der Waals surface area contributed by atoms with Crippen molar-refractivity contribution in [1.82, 2.24) is 5.32 Å². The van der Waals surface area contributed by atoms with Gasteiger partial charge in [-0.05, 0) is 84.6 Å². The van der Waals surface area contributed by atoms with Gasteiger partial charge in [0.2, 0.25) is 0 Å². The zero-order valence-electron chi connectivity index (χ0n) is 33.1. The fraction of sp³-hybridized carbons (Fsp3) is 0.974. The maximum Gasteiger partial charge on any atom is 0.309 e. The third-order valence-electron chi connectivity index (χ3n) is 13.4. The lowest BCUT2D eigenvalue weighted by molar-refractivity contribution is -0.302. The Morgan fingerprint density at radius 3 is 2.08 bits per heavy atom. The van der Waals surface area contributed by atoms with E-state index in [9.17, 15) is 20.1 Å². The van der Waals surface area contributed by atoms with Gasteiger partial charge < -0.3 is 49.1 Å². The summed E-state index contributed by atoms with van der Waals surface area (Å²) < 4.78 is 55.5. The van der Waals surface area contributed by atoms with Crippen molar-refractivity contribution in [2.75, 3.05) is 21.3 Å². The van der Waals surface area contributed by atoms with Crippen molar-refractivity contribution in [2.45, 2.75) is 180 Å². The topological polar surface area (TPSA) is 145 Å². The van der Waals surface area contributed by atoms with Crippen LogP contribution in [0, 0.1) is 35.5 Å². The van der Waals surface area contributed by atoms with Gasteiger partial charge in [0.05, 0.1) is 35.4 Å². The lowest BCUT2D eigenvalue weighted by Crippen LogP contribution is -2.63. The number of aliphatic hydroxyl groups is 3. The molecule has 0 radical (unpaired) electrons. The van der Waals surface area contributed by atoms with Crippen LogP contribution in [0.3, 0.4) is 0 Å². The van der Waals surface area contributed by atoms with Crippen LogP contribution in [0.4, 0.5) is 4.39 Å². The van der Waals surface area contributed by atoms with Gasteiger partial charge in [0.25, 0.3) is 0 Å². The molecule has 3 aliphatic rings. The zero-order chi connectivity index (χ0) is 38.1. The van der Waals surface area contributed by atoms with E-state index in [4.69, 9.17) is 28.4 Å². The number of hydrogen-bond acceptors (Lipinski definition) is 11. The third-order valence-corrected chi connectivity index (χ3v) is 13.4. The summed E-state index contributed by atoms with van der Waals surface area (Å²) in [6.07, 6.45) is -8.05. The van der Waals surface area contributed by atoms with Crippen molar-refractivity contribution < 1.29 is 52.9 Å². The third kappa shape index (κ3) is 8.70. The van der Waals surface area contributed by atoms with Crippen molar-refractivity contribution in [3.63, 3.8) is 0 Å². The number of esters is 1. The minimum atomic E-state index is -1.92.